The van der Waals surface area contributed by atoms with Crippen LogP contribution in [0.15, 0.2) is 24.3 Å². The molecule has 0 spiro atoms. The van der Waals surface area contributed by atoms with Gasteiger partial charge >= 0.3 is 19.8 Å². The number of allylic oxidation sites excluding steroid dienone is 4. The Morgan fingerprint density at radius 1 is 0.435 bits per heavy atom. The Morgan fingerprint density at radius 3 is 1.10 bits per heavy atom. The summed E-state index contributed by atoms with van der Waals surface area (Å²) in [4.78, 5) is 35.9. The summed E-state index contributed by atoms with van der Waals surface area (Å²) in [5.74, 6) is -1.09. The highest BCUT2D eigenvalue weighted by Gasteiger charge is 2.51. The second-order valence-corrected chi connectivity index (χ2v) is 21.2. The van der Waals surface area contributed by atoms with Crippen molar-refractivity contribution in [3.8, 4) is 0 Å². The molecule has 0 radical (unpaired) electrons. The Labute approximate surface area is 419 Å². The lowest BCUT2D eigenvalue weighted by molar-refractivity contribution is -0.220. The fraction of sp³-hybridized carbons (Fsp3) is 0.891. The zero-order valence-electron chi connectivity index (χ0n) is 43.6. The van der Waals surface area contributed by atoms with Gasteiger partial charge in [-0.2, -0.15) is 0 Å². The summed E-state index contributed by atoms with van der Waals surface area (Å²) >= 11 is 0. The SMILES string of the molecule is CCCCCCCC/C=C\CCCCCCCCCC(=O)OCC(COP(=O)(O)OC1C(O)C(O)C(O)C(O)C1O)OC(=O)CCCCCCCCCCCCC/C=C\CCCCCCCCCC. The molecular formula is C55H103O13P. The van der Waals surface area contributed by atoms with Crippen molar-refractivity contribution in [1.82, 2.24) is 0 Å². The Kier molecular flexibility index (Phi) is 42.6. The van der Waals surface area contributed by atoms with Crippen LogP contribution >= 0.6 is 7.82 Å². The molecule has 0 aliphatic heterocycles. The number of carbonyl (C=O) groups excluding carboxylic acids is 2. The second kappa shape index (κ2) is 45.0. The van der Waals surface area contributed by atoms with Crippen molar-refractivity contribution in [1.29, 1.82) is 0 Å². The summed E-state index contributed by atoms with van der Waals surface area (Å²) in [6.07, 6.45) is 39.4. The Hall–Kier alpha value is -1.67. The lowest BCUT2D eigenvalue weighted by atomic mass is 9.85. The quantitative estimate of drug-likeness (QED) is 0.0145. The first-order chi connectivity index (χ1) is 33.4. The van der Waals surface area contributed by atoms with E-state index in [9.17, 15) is 44.6 Å². The van der Waals surface area contributed by atoms with Crippen LogP contribution in [0.5, 0.6) is 0 Å². The highest BCUT2D eigenvalue weighted by atomic mass is 31.2. The maximum absolute atomic E-state index is 12.9. The molecule has 0 heterocycles. The largest absolute Gasteiger partial charge is 0.472 e. The first kappa shape index (κ1) is 65.3. The van der Waals surface area contributed by atoms with Gasteiger partial charge < -0.3 is 39.9 Å². The van der Waals surface area contributed by atoms with Crippen molar-refractivity contribution in [2.45, 2.75) is 301 Å². The number of phosphoric acid groups is 1. The van der Waals surface area contributed by atoms with Gasteiger partial charge in [-0.1, -0.05) is 205 Å². The molecule has 6 N–H and O–H groups in total. The van der Waals surface area contributed by atoms with Crippen molar-refractivity contribution in [2.75, 3.05) is 13.2 Å². The summed E-state index contributed by atoms with van der Waals surface area (Å²) < 4.78 is 33.7. The minimum atomic E-state index is -5.12. The Bertz CT molecular complexity index is 1300. The normalized spacial score (nSPS) is 21.0. The van der Waals surface area contributed by atoms with E-state index in [0.717, 1.165) is 57.8 Å². The molecule has 1 fully saturated rings. The first-order valence-electron chi connectivity index (χ1n) is 28.1. The van der Waals surface area contributed by atoms with Crippen LogP contribution in [0, 0.1) is 0 Å². The lowest BCUT2D eigenvalue weighted by Gasteiger charge is -2.41. The van der Waals surface area contributed by atoms with E-state index < -0.39 is 75.7 Å². The van der Waals surface area contributed by atoms with Gasteiger partial charge in [-0.15, -0.1) is 0 Å². The molecule has 1 aliphatic carbocycles. The number of phosphoric ester groups is 1. The fourth-order valence-corrected chi connectivity index (χ4v) is 9.72. The molecule has 406 valence electrons. The molecule has 6 atom stereocenters. The highest BCUT2D eigenvalue weighted by Crippen LogP contribution is 2.47. The molecule has 69 heavy (non-hydrogen) atoms. The van der Waals surface area contributed by atoms with Gasteiger partial charge in [0.25, 0.3) is 0 Å². The minimum absolute atomic E-state index is 0.0978. The van der Waals surface area contributed by atoms with Gasteiger partial charge in [0.1, 0.15) is 43.2 Å². The number of ether oxygens (including phenoxy) is 2. The van der Waals surface area contributed by atoms with Crippen LogP contribution in [-0.2, 0) is 32.7 Å². The van der Waals surface area contributed by atoms with E-state index in [2.05, 4.69) is 38.2 Å². The summed E-state index contributed by atoms with van der Waals surface area (Å²) in [7, 11) is -5.12. The Balaban J connectivity index is 2.34. The molecule has 0 amide bonds. The van der Waals surface area contributed by atoms with E-state index >= 15 is 0 Å². The fourth-order valence-electron chi connectivity index (χ4n) is 8.75. The molecule has 0 aromatic rings. The van der Waals surface area contributed by atoms with Gasteiger partial charge in [0.2, 0.25) is 0 Å². The van der Waals surface area contributed by atoms with E-state index in [1.54, 1.807) is 0 Å². The third kappa shape index (κ3) is 36.8. The number of esters is 2. The van der Waals surface area contributed by atoms with E-state index in [1.165, 1.54) is 161 Å². The molecule has 1 saturated carbocycles. The third-order valence-corrected chi connectivity index (χ3v) is 14.3. The molecule has 1 aliphatic rings. The van der Waals surface area contributed by atoms with Gasteiger partial charge in [-0.25, -0.2) is 4.57 Å². The molecule has 0 aromatic heterocycles. The second-order valence-electron chi connectivity index (χ2n) is 19.8. The zero-order chi connectivity index (χ0) is 50.6. The third-order valence-electron chi connectivity index (χ3n) is 13.3. The topological polar surface area (TPSA) is 210 Å². The Morgan fingerprint density at radius 2 is 0.739 bits per heavy atom. The van der Waals surface area contributed by atoms with Crippen molar-refractivity contribution in [2.24, 2.45) is 0 Å². The molecular weight excluding hydrogens is 900 g/mol. The summed E-state index contributed by atoms with van der Waals surface area (Å²) in [5, 5.41) is 50.3. The minimum Gasteiger partial charge on any atom is -0.462 e. The van der Waals surface area contributed by atoms with Crippen LogP contribution in [0.2, 0.25) is 0 Å². The summed E-state index contributed by atoms with van der Waals surface area (Å²) in [6.45, 7) is 3.34. The number of aliphatic hydroxyl groups excluding tert-OH is 5. The summed E-state index contributed by atoms with van der Waals surface area (Å²) in [5.41, 5.74) is 0. The lowest BCUT2D eigenvalue weighted by Crippen LogP contribution is -2.64. The van der Waals surface area contributed by atoms with Crippen molar-refractivity contribution >= 4 is 19.8 Å². The van der Waals surface area contributed by atoms with Gasteiger partial charge in [0.15, 0.2) is 6.10 Å². The zero-order valence-corrected chi connectivity index (χ0v) is 44.5. The monoisotopic (exact) mass is 1000 g/mol. The van der Waals surface area contributed by atoms with E-state index in [0.29, 0.717) is 12.8 Å². The van der Waals surface area contributed by atoms with Gasteiger partial charge in [-0.05, 0) is 64.2 Å². The average molecular weight is 1000 g/mol. The van der Waals surface area contributed by atoms with Crippen LogP contribution in [-0.4, -0.2) is 98.3 Å². The molecule has 13 nitrogen and oxygen atoms in total. The summed E-state index contributed by atoms with van der Waals surface area (Å²) in [6, 6.07) is 0. The van der Waals surface area contributed by atoms with Crippen LogP contribution in [0.4, 0.5) is 0 Å². The van der Waals surface area contributed by atoms with Crippen LogP contribution < -0.4 is 0 Å². The highest BCUT2D eigenvalue weighted by molar-refractivity contribution is 7.47. The van der Waals surface area contributed by atoms with E-state index in [1.807, 2.05) is 0 Å². The van der Waals surface area contributed by atoms with Crippen LogP contribution in [0.25, 0.3) is 0 Å². The standard InChI is InChI=1S/C55H103O13P/c1-3-5-7-9-11-13-15-17-19-21-22-23-24-25-26-28-30-32-34-36-38-40-42-44-49(57)67-47(46-66-69(63,64)68-55-53(61)51(59)50(58)52(60)54(55)62)45-65-48(56)43-41-39-37-35-33-31-29-27-20-18-16-14-12-10-8-6-4-2/h18,20-22,47,50-55,58-62H,3-17,19,23-46H2,1-2H3,(H,63,64)/b20-18-,22-21-. The molecule has 14 heteroatoms. The number of hydrogen-bond acceptors (Lipinski definition) is 12. The maximum Gasteiger partial charge on any atom is 0.472 e. The van der Waals surface area contributed by atoms with E-state index in [-0.39, 0.29) is 12.8 Å². The first-order valence-corrected chi connectivity index (χ1v) is 29.6. The molecule has 6 unspecified atom stereocenters. The smallest absolute Gasteiger partial charge is 0.462 e. The molecule has 0 aromatic carbocycles. The van der Waals surface area contributed by atoms with Crippen molar-refractivity contribution in [3.05, 3.63) is 24.3 Å². The molecule has 1 rings (SSSR count). The number of aliphatic hydroxyl groups is 5. The number of unbranched alkanes of at least 4 members (excludes halogenated alkanes) is 32. The van der Waals surface area contributed by atoms with Crippen molar-refractivity contribution in [3.63, 3.8) is 0 Å². The van der Waals surface area contributed by atoms with E-state index in [4.69, 9.17) is 18.5 Å². The average Bonchev–Trinajstić information content (AvgIpc) is 3.33. The predicted octanol–water partition coefficient (Wildman–Crippen LogP) is 12.7. The number of hydrogen-bond donors (Lipinski definition) is 6. The predicted molar refractivity (Wildman–Crippen MR) is 277 cm³/mol. The van der Waals surface area contributed by atoms with Gasteiger partial charge in [-0.3, -0.25) is 18.6 Å². The van der Waals surface area contributed by atoms with Gasteiger partial charge in [0, 0.05) is 12.8 Å². The van der Waals surface area contributed by atoms with Crippen LogP contribution in [0.1, 0.15) is 258 Å². The van der Waals surface area contributed by atoms with Crippen LogP contribution in [0.3, 0.4) is 0 Å². The van der Waals surface area contributed by atoms with Gasteiger partial charge in [0.05, 0.1) is 6.61 Å². The molecule has 0 saturated heterocycles. The van der Waals surface area contributed by atoms with Crippen molar-refractivity contribution < 1.29 is 63.1 Å². The number of rotatable bonds is 48. The molecule has 0 bridgehead atoms. The number of carbonyl (C=O) groups is 2. The maximum atomic E-state index is 12.9.